The van der Waals surface area contributed by atoms with Gasteiger partial charge in [0.1, 0.15) is 0 Å². The van der Waals surface area contributed by atoms with E-state index in [0.29, 0.717) is 0 Å². The monoisotopic (exact) mass is 234 g/mol. The Hall–Kier alpha value is -0.970. The number of rotatable bonds is 5. The van der Waals surface area contributed by atoms with Crippen LogP contribution in [0.25, 0.3) is 0 Å². The molecule has 1 aromatic heterocycles. The molecule has 0 fully saturated rings. The predicted molar refractivity (Wildman–Crippen MR) is 54.5 cm³/mol. The molecule has 0 atom stereocenters. The average Bonchev–Trinajstić information content (AvgIpc) is 2.63. The third-order valence-corrected chi connectivity index (χ3v) is 3.37. The number of aliphatic carboxylic acids is 1. The Balaban J connectivity index is 2.71. The molecule has 0 bridgehead atoms. The van der Waals surface area contributed by atoms with Crippen LogP contribution in [0.1, 0.15) is 29.5 Å². The van der Waals surface area contributed by atoms with Crippen molar-refractivity contribution < 1.29 is 18.7 Å². The molecule has 0 spiro atoms. The lowest BCUT2D eigenvalue weighted by molar-refractivity contribution is -0.139. The number of aryl methyl sites for hydroxylation is 1. The average molecular weight is 234 g/mol. The second-order valence-electron chi connectivity index (χ2n) is 3.22. The summed E-state index contributed by atoms with van der Waals surface area (Å²) in [6, 6.07) is 3.04. The summed E-state index contributed by atoms with van der Waals surface area (Å²) in [5, 5.41) is 8.35. The van der Waals surface area contributed by atoms with Crippen molar-refractivity contribution in [2.45, 2.75) is 32.1 Å². The van der Waals surface area contributed by atoms with E-state index < -0.39 is 24.7 Å². The predicted octanol–water partition coefficient (Wildman–Crippen LogP) is 3.27. The topological polar surface area (TPSA) is 37.3 Å². The molecule has 0 aliphatic heterocycles. The third kappa shape index (κ3) is 3.27. The minimum absolute atomic E-state index is 0.0411. The lowest BCUT2D eigenvalue weighted by Crippen LogP contribution is -2.13. The van der Waals surface area contributed by atoms with Gasteiger partial charge in [-0.2, -0.15) is 0 Å². The van der Waals surface area contributed by atoms with Gasteiger partial charge in [-0.15, -0.1) is 11.3 Å². The number of carbonyl (C=O) groups is 1. The second-order valence-corrected chi connectivity index (χ2v) is 4.39. The number of carboxylic acids is 1. The van der Waals surface area contributed by atoms with E-state index in [1.54, 1.807) is 6.07 Å². The van der Waals surface area contributed by atoms with Crippen LogP contribution in [0.5, 0.6) is 0 Å². The highest BCUT2D eigenvalue weighted by atomic mass is 32.1. The molecular formula is C10H12F2O2S. The summed E-state index contributed by atoms with van der Waals surface area (Å²) in [5.74, 6) is -4.21. The Bertz CT molecular complexity index is 347. The number of alkyl halides is 2. The smallest absolute Gasteiger partial charge is 0.303 e. The molecular weight excluding hydrogens is 222 g/mol. The number of thiophene rings is 1. The summed E-state index contributed by atoms with van der Waals surface area (Å²) in [5.41, 5.74) is 0. The Morgan fingerprint density at radius 1 is 1.53 bits per heavy atom. The maximum atomic E-state index is 13.4. The Labute approximate surface area is 90.5 Å². The molecule has 1 rings (SSSR count). The fourth-order valence-corrected chi connectivity index (χ4v) is 2.10. The lowest BCUT2D eigenvalue weighted by Gasteiger charge is -2.12. The summed E-state index contributed by atoms with van der Waals surface area (Å²) in [4.78, 5) is 11.1. The minimum atomic E-state index is -3.02. The molecule has 0 aliphatic carbocycles. The van der Waals surface area contributed by atoms with Gasteiger partial charge < -0.3 is 5.11 Å². The summed E-state index contributed by atoms with van der Waals surface area (Å²) in [6.07, 6.45) is -0.419. The van der Waals surface area contributed by atoms with Crippen molar-refractivity contribution in [3.05, 3.63) is 21.9 Å². The minimum Gasteiger partial charge on any atom is -0.481 e. The van der Waals surface area contributed by atoms with Gasteiger partial charge in [0.2, 0.25) is 0 Å². The molecule has 84 valence electrons. The van der Waals surface area contributed by atoms with Crippen LogP contribution in [-0.2, 0) is 17.1 Å². The Morgan fingerprint density at radius 2 is 2.20 bits per heavy atom. The molecule has 5 heteroatoms. The quantitative estimate of drug-likeness (QED) is 0.849. The molecule has 0 unspecified atom stereocenters. The van der Waals surface area contributed by atoms with Crippen molar-refractivity contribution in [2.75, 3.05) is 0 Å². The first kappa shape index (κ1) is 12.1. The summed E-state index contributed by atoms with van der Waals surface area (Å²) in [6.45, 7) is 1.89. The van der Waals surface area contributed by atoms with E-state index in [9.17, 15) is 13.6 Å². The van der Waals surface area contributed by atoms with Gasteiger partial charge in [-0.3, -0.25) is 4.79 Å². The molecule has 0 saturated carbocycles. The van der Waals surface area contributed by atoms with Gasteiger partial charge in [0.15, 0.2) is 0 Å². The fourth-order valence-electron chi connectivity index (χ4n) is 1.15. The number of halogens is 2. The van der Waals surface area contributed by atoms with Crippen molar-refractivity contribution in [1.29, 1.82) is 0 Å². The van der Waals surface area contributed by atoms with E-state index in [0.717, 1.165) is 22.6 Å². The van der Waals surface area contributed by atoms with Crippen molar-refractivity contribution in [3.63, 3.8) is 0 Å². The largest absolute Gasteiger partial charge is 0.481 e. The first-order chi connectivity index (χ1) is 6.95. The van der Waals surface area contributed by atoms with E-state index in [4.69, 9.17) is 5.11 Å². The number of hydrogen-bond donors (Lipinski definition) is 1. The van der Waals surface area contributed by atoms with Crippen LogP contribution < -0.4 is 0 Å². The molecule has 0 radical (unpaired) electrons. The van der Waals surface area contributed by atoms with E-state index in [2.05, 4.69) is 0 Å². The standard InChI is InChI=1S/C10H12F2O2S/c1-2-7-3-4-8(15-7)10(11,12)6-5-9(13)14/h3-4H,2,5-6H2,1H3,(H,13,14). The molecule has 2 nitrogen and oxygen atoms in total. The highest BCUT2D eigenvalue weighted by Crippen LogP contribution is 2.37. The second kappa shape index (κ2) is 4.70. The fraction of sp³-hybridized carbons (Fsp3) is 0.500. The number of carboxylic acid groups (broad SMARTS) is 1. The van der Waals surface area contributed by atoms with Crippen LogP contribution in [0.15, 0.2) is 12.1 Å². The lowest BCUT2D eigenvalue weighted by atomic mass is 10.1. The van der Waals surface area contributed by atoms with E-state index in [1.807, 2.05) is 6.92 Å². The van der Waals surface area contributed by atoms with Gasteiger partial charge in [0.25, 0.3) is 5.92 Å². The van der Waals surface area contributed by atoms with Crippen LogP contribution in [0.4, 0.5) is 8.78 Å². The van der Waals surface area contributed by atoms with Crippen LogP contribution in [0.2, 0.25) is 0 Å². The molecule has 1 N–H and O–H groups in total. The highest BCUT2D eigenvalue weighted by molar-refractivity contribution is 7.12. The zero-order valence-corrected chi connectivity index (χ0v) is 9.11. The summed E-state index contributed by atoms with van der Waals surface area (Å²) in [7, 11) is 0. The van der Waals surface area contributed by atoms with Gasteiger partial charge in [-0.05, 0) is 18.6 Å². The van der Waals surface area contributed by atoms with Crippen LogP contribution in [0.3, 0.4) is 0 Å². The third-order valence-electron chi connectivity index (χ3n) is 2.02. The van der Waals surface area contributed by atoms with Crippen LogP contribution in [-0.4, -0.2) is 11.1 Å². The molecule has 0 aliphatic rings. The van der Waals surface area contributed by atoms with Gasteiger partial charge >= 0.3 is 5.97 Å². The first-order valence-corrected chi connectivity index (χ1v) is 5.46. The van der Waals surface area contributed by atoms with Gasteiger partial charge in [0, 0.05) is 11.3 Å². The Morgan fingerprint density at radius 3 is 2.67 bits per heavy atom. The van der Waals surface area contributed by atoms with Gasteiger partial charge in [-0.25, -0.2) is 8.78 Å². The molecule has 15 heavy (non-hydrogen) atoms. The van der Waals surface area contributed by atoms with Gasteiger partial charge in [0.05, 0.1) is 11.3 Å². The van der Waals surface area contributed by atoms with Crippen molar-refractivity contribution >= 4 is 17.3 Å². The Kier molecular flexibility index (Phi) is 3.79. The zero-order valence-electron chi connectivity index (χ0n) is 8.30. The highest BCUT2D eigenvalue weighted by Gasteiger charge is 2.33. The first-order valence-electron chi connectivity index (χ1n) is 4.64. The molecule has 0 amide bonds. The SMILES string of the molecule is CCc1ccc(C(F)(F)CCC(=O)O)s1. The molecule has 1 heterocycles. The normalized spacial score (nSPS) is 11.7. The number of hydrogen-bond acceptors (Lipinski definition) is 2. The summed E-state index contributed by atoms with van der Waals surface area (Å²) >= 11 is 1.05. The van der Waals surface area contributed by atoms with Crippen molar-refractivity contribution in [2.24, 2.45) is 0 Å². The van der Waals surface area contributed by atoms with E-state index in [1.165, 1.54) is 6.07 Å². The maximum absolute atomic E-state index is 13.4. The zero-order chi connectivity index (χ0) is 11.5. The van der Waals surface area contributed by atoms with Crippen LogP contribution >= 0.6 is 11.3 Å². The maximum Gasteiger partial charge on any atom is 0.303 e. The van der Waals surface area contributed by atoms with Crippen molar-refractivity contribution in [1.82, 2.24) is 0 Å². The van der Waals surface area contributed by atoms with Gasteiger partial charge in [-0.1, -0.05) is 6.92 Å². The van der Waals surface area contributed by atoms with Crippen LogP contribution in [0, 0.1) is 0 Å². The van der Waals surface area contributed by atoms with E-state index in [-0.39, 0.29) is 4.88 Å². The molecule has 1 aromatic rings. The van der Waals surface area contributed by atoms with E-state index >= 15 is 0 Å². The summed E-state index contributed by atoms with van der Waals surface area (Å²) < 4.78 is 26.8. The molecule has 0 aromatic carbocycles. The van der Waals surface area contributed by atoms with Crippen molar-refractivity contribution in [3.8, 4) is 0 Å². The molecule has 0 saturated heterocycles.